The molecule has 2 nitrogen and oxygen atoms in total. The monoisotopic (exact) mass is 201 g/mol. The molecule has 0 spiro atoms. The molecule has 1 aromatic rings. The largest absolute Gasteiger partial charge is 0.496 e. The van der Waals surface area contributed by atoms with Crippen molar-refractivity contribution in [1.82, 2.24) is 0 Å². The van der Waals surface area contributed by atoms with Crippen LogP contribution in [0.5, 0.6) is 5.75 Å². The highest BCUT2D eigenvalue weighted by Crippen LogP contribution is 2.28. The average Bonchev–Trinajstić information content (AvgIpc) is 2.16. The molecule has 0 aliphatic carbocycles. The number of benzene rings is 1. The minimum absolute atomic E-state index is 0.0295. The lowest BCUT2D eigenvalue weighted by atomic mass is 10.0. The van der Waals surface area contributed by atoms with Crippen LogP contribution in [0.4, 0.5) is 8.78 Å². The van der Waals surface area contributed by atoms with Gasteiger partial charge in [0.05, 0.1) is 7.11 Å². The first-order chi connectivity index (χ1) is 6.56. The van der Waals surface area contributed by atoms with Crippen molar-refractivity contribution in [3.8, 4) is 5.75 Å². The van der Waals surface area contributed by atoms with Crippen molar-refractivity contribution in [2.24, 2.45) is 5.73 Å². The van der Waals surface area contributed by atoms with Gasteiger partial charge < -0.3 is 10.5 Å². The molecule has 2 N–H and O–H groups in total. The lowest BCUT2D eigenvalue weighted by molar-refractivity contribution is 0.151. The zero-order valence-corrected chi connectivity index (χ0v) is 8.13. The van der Waals surface area contributed by atoms with Gasteiger partial charge in [-0.05, 0) is 25.1 Å². The van der Waals surface area contributed by atoms with Gasteiger partial charge in [0, 0.05) is 17.2 Å². The third-order valence-electron chi connectivity index (χ3n) is 2.00. The molecular formula is C10H13F2NO. The summed E-state index contributed by atoms with van der Waals surface area (Å²) in [6, 6.07) is 3.92. The third-order valence-corrected chi connectivity index (χ3v) is 2.00. The van der Waals surface area contributed by atoms with Gasteiger partial charge in [-0.15, -0.1) is 0 Å². The highest BCUT2D eigenvalue weighted by Gasteiger charge is 2.13. The topological polar surface area (TPSA) is 35.2 Å². The van der Waals surface area contributed by atoms with Gasteiger partial charge in [0.1, 0.15) is 5.75 Å². The maximum absolute atomic E-state index is 12.4. The van der Waals surface area contributed by atoms with Gasteiger partial charge in [0.2, 0.25) is 0 Å². The van der Waals surface area contributed by atoms with Crippen LogP contribution >= 0.6 is 0 Å². The molecular weight excluding hydrogens is 188 g/mol. The molecule has 0 bridgehead atoms. The number of hydrogen-bond acceptors (Lipinski definition) is 2. The molecule has 0 fully saturated rings. The lowest BCUT2D eigenvalue weighted by Crippen LogP contribution is -2.07. The number of rotatable bonds is 3. The third kappa shape index (κ3) is 2.20. The van der Waals surface area contributed by atoms with Crippen LogP contribution < -0.4 is 10.5 Å². The standard InChI is InChI=1S/C10H13F2NO/c1-6(13)8-5-7(10(11)12)3-4-9(8)14-2/h3-6,10H,13H2,1-2H3. The van der Waals surface area contributed by atoms with Gasteiger partial charge in [-0.3, -0.25) is 0 Å². The molecule has 1 aromatic carbocycles. The normalized spacial score (nSPS) is 13.0. The predicted octanol–water partition coefficient (Wildman–Crippen LogP) is 2.65. The van der Waals surface area contributed by atoms with Crippen molar-refractivity contribution >= 4 is 0 Å². The first-order valence-corrected chi connectivity index (χ1v) is 4.27. The second-order valence-electron chi connectivity index (χ2n) is 3.09. The van der Waals surface area contributed by atoms with Crippen molar-refractivity contribution in [2.75, 3.05) is 7.11 Å². The minimum atomic E-state index is -2.47. The highest BCUT2D eigenvalue weighted by atomic mass is 19.3. The Kier molecular flexibility index (Phi) is 3.41. The molecule has 0 amide bonds. The van der Waals surface area contributed by atoms with E-state index in [0.717, 1.165) is 0 Å². The van der Waals surface area contributed by atoms with Crippen LogP contribution in [0, 0.1) is 0 Å². The Bertz CT molecular complexity index is 313. The van der Waals surface area contributed by atoms with Gasteiger partial charge in [-0.1, -0.05) is 0 Å². The van der Waals surface area contributed by atoms with Gasteiger partial charge in [-0.25, -0.2) is 8.78 Å². The van der Waals surface area contributed by atoms with E-state index in [2.05, 4.69) is 0 Å². The zero-order chi connectivity index (χ0) is 10.7. The highest BCUT2D eigenvalue weighted by molar-refractivity contribution is 5.39. The Hall–Kier alpha value is -1.16. The molecule has 0 aliphatic heterocycles. The van der Waals surface area contributed by atoms with Gasteiger partial charge >= 0.3 is 0 Å². The molecule has 1 atom stereocenters. The van der Waals surface area contributed by atoms with E-state index in [-0.39, 0.29) is 11.6 Å². The van der Waals surface area contributed by atoms with E-state index in [4.69, 9.17) is 10.5 Å². The van der Waals surface area contributed by atoms with Crippen LogP contribution in [-0.2, 0) is 0 Å². The quantitative estimate of drug-likeness (QED) is 0.815. The number of ether oxygens (including phenoxy) is 1. The summed E-state index contributed by atoms with van der Waals surface area (Å²) in [5.74, 6) is 0.546. The predicted molar refractivity (Wildman–Crippen MR) is 50.6 cm³/mol. The summed E-state index contributed by atoms with van der Waals surface area (Å²) >= 11 is 0. The summed E-state index contributed by atoms with van der Waals surface area (Å²) in [5.41, 5.74) is 6.21. The van der Waals surface area contributed by atoms with Crippen LogP contribution in [0.15, 0.2) is 18.2 Å². The van der Waals surface area contributed by atoms with E-state index in [1.54, 1.807) is 6.92 Å². The van der Waals surface area contributed by atoms with E-state index in [1.807, 2.05) is 0 Å². The van der Waals surface area contributed by atoms with Crippen molar-refractivity contribution in [1.29, 1.82) is 0 Å². The molecule has 0 saturated heterocycles. The van der Waals surface area contributed by atoms with Crippen molar-refractivity contribution in [3.05, 3.63) is 29.3 Å². The molecule has 0 heterocycles. The molecule has 1 rings (SSSR count). The summed E-state index contributed by atoms with van der Waals surface area (Å²) in [6.07, 6.45) is -2.47. The van der Waals surface area contributed by atoms with Crippen LogP contribution in [-0.4, -0.2) is 7.11 Å². The Morgan fingerprint density at radius 2 is 2.00 bits per heavy atom. The minimum Gasteiger partial charge on any atom is -0.496 e. The SMILES string of the molecule is COc1ccc(C(F)F)cc1C(C)N. The van der Waals surface area contributed by atoms with Gasteiger partial charge in [0.25, 0.3) is 6.43 Å². The van der Waals surface area contributed by atoms with Crippen LogP contribution in [0.1, 0.15) is 30.5 Å². The molecule has 4 heteroatoms. The number of halogens is 2. The fraction of sp³-hybridized carbons (Fsp3) is 0.400. The van der Waals surface area contributed by atoms with Gasteiger partial charge in [0.15, 0.2) is 0 Å². The van der Waals surface area contributed by atoms with E-state index in [9.17, 15) is 8.78 Å². The molecule has 0 aromatic heterocycles. The first-order valence-electron chi connectivity index (χ1n) is 4.27. The average molecular weight is 201 g/mol. The smallest absolute Gasteiger partial charge is 0.263 e. The summed E-state index contributed by atoms with van der Waals surface area (Å²) in [6.45, 7) is 1.73. The first kappa shape index (κ1) is 10.9. The zero-order valence-electron chi connectivity index (χ0n) is 8.13. The van der Waals surface area contributed by atoms with E-state index in [1.165, 1.54) is 25.3 Å². The number of alkyl halides is 2. The molecule has 0 aliphatic rings. The maximum atomic E-state index is 12.4. The van der Waals surface area contributed by atoms with Crippen molar-refractivity contribution in [3.63, 3.8) is 0 Å². The molecule has 14 heavy (non-hydrogen) atoms. The molecule has 0 saturated carbocycles. The summed E-state index contributed by atoms with van der Waals surface area (Å²) in [5, 5.41) is 0. The number of nitrogens with two attached hydrogens (primary N) is 1. The Morgan fingerprint density at radius 1 is 1.36 bits per heavy atom. The van der Waals surface area contributed by atoms with Crippen molar-refractivity contribution in [2.45, 2.75) is 19.4 Å². The summed E-state index contributed by atoms with van der Waals surface area (Å²) in [4.78, 5) is 0. The molecule has 1 unspecified atom stereocenters. The molecule has 78 valence electrons. The fourth-order valence-corrected chi connectivity index (χ4v) is 1.24. The fourth-order valence-electron chi connectivity index (χ4n) is 1.24. The second-order valence-corrected chi connectivity index (χ2v) is 3.09. The lowest BCUT2D eigenvalue weighted by Gasteiger charge is -2.13. The Balaban J connectivity index is 3.14. The van der Waals surface area contributed by atoms with Crippen LogP contribution in [0.2, 0.25) is 0 Å². The Labute approximate surface area is 81.7 Å². The second kappa shape index (κ2) is 4.37. The summed E-state index contributed by atoms with van der Waals surface area (Å²) in [7, 11) is 1.49. The Morgan fingerprint density at radius 3 is 2.43 bits per heavy atom. The van der Waals surface area contributed by atoms with E-state index >= 15 is 0 Å². The number of methoxy groups -OCH3 is 1. The maximum Gasteiger partial charge on any atom is 0.263 e. The van der Waals surface area contributed by atoms with Crippen LogP contribution in [0.3, 0.4) is 0 Å². The van der Waals surface area contributed by atoms with E-state index in [0.29, 0.717) is 11.3 Å². The summed E-state index contributed by atoms with van der Waals surface area (Å²) < 4.78 is 29.7. The van der Waals surface area contributed by atoms with Crippen molar-refractivity contribution < 1.29 is 13.5 Å². The molecule has 0 radical (unpaired) electrons. The number of hydrogen-bond donors (Lipinski definition) is 1. The van der Waals surface area contributed by atoms with Crippen LogP contribution in [0.25, 0.3) is 0 Å². The van der Waals surface area contributed by atoms with E-state index < -0.39 is 6.43 Å². The van der Waals surface area contributed by atoms with Gasteiger partial charge in [-0.2, -0.15) is 0 Å².